The molecule has 36 heavy (non-hydrogen) atoms. The smallest absolute Gasteiger partial charge is 0.135 e. The topological polar surface area (TPSA) is 12.5 Å². The Kier molecular flexibility index (Phi) is 8.30. The molecule has 0 saturated carbocycles. The molecule has 2 aromatic carbocycles. The van der Waals surface area contributed by atoms with Crippen LogP contribution in [0.4, 0.5) is 0 Å². The van der Waals surface area contributed by atoms with Gasteiger partial charge in [0.15, 0.2) is 0 Å². The lowest BCUT2D eigenvalue weighted by atomic mass is 9.70. The number of benzene rings is 2. The van der Waals surface area contributed by atoms with Crippen molar-refractivity contribution in [1.29, 1.82) is 0 Å². The van der Waals surface area contributed by atoms with Gasteiger partial charge < -0.3 is 9.64 Å². The largest absolute Gasteiger partial charge is 0.482 e. The van der Waals surface area contributed by atoms with Crippen molar-refractivity contribution in [2.75, 3.05) is 14.1 Å². The minimum atomic E-state index is -0.248. The lowest BCUT2D eigenvalue weighted by Gasteiger charge is -2.43. The van der Waals surface area contributed by atoms with Crippen LogP contribution in [0, 0.1) is 13.8 Å². The molecule has 0 N–H and O–H groups in total. The highest BCUT2D eigenvalue weighted by molar-refractivity contribution is 5.85. The number of hydrogen-bond donors (Lipinski definition) is 0. The zero-order valence-corrected chi connectivity index (χ0v) is 26.7. The number of rotatable bonds is 3. The van der Waals surface area contributed by atoms with E-state index < -0.39 is 0 Å². The second-order valence-electron chi connectivity index (χ2n) is 14.4. The lowest BCUT2D eigenvalue weighted by molar-refractivity contribution is 0.0524. The molecular formula is C34H55NO. The molecule has 0 radical (unpaired) electrons. The maximum absolute atomic E-state index is 6.56. The summed E-state index contributed by atoms with van der Waals surface area (Å²) in [5.41, 5.74) is 12.4. The van der Waals surface area contributed by atoms with Crippen molar-refractivity contribution >= 4 is 0 Å². The van der Waals surface area contributed by atoms with Gasteiger partial charge in [0.05, 0.1) is 0 Å². The lowest BCUT2D eigenvalue weighted by Crippen LogP contribution is -2.37. The molecule has 1 aliphatic heterocycles. The van der Waals surface area contributed by atoms with Gasteiger partial charge in [-0.25, -0.2) is 0 Å². The highest BCUT2D eigenvalue weighted by atomic mass is 16.5. The van der Waals surface area contributed by atoms with Gasteiger partial charge >= 0.3 is 0 Å². The molecule has 0 atom stereocenters. The third-order valence-electron chi connectivity index (χ3n) is 7.39. The SMILES string of the molecule is CC.Cc1c(C(C)(C)C)cc(C(C)(C)C)c(CN(C)C)c1-c1c(C)c(C(C)(C)C)cc2c1OC2(C)C. The second-order valence-corrected chi connectivity index (χ2v) is 14.4. The number of nitrogens with zero attached hydrogens (tertiary/aromatic N) is 1. The maximum Gasteiger partial charge on any atom is 0.135 e. The van der Waals surface area contributed by atoms with E-state index in [0.717, 1.165) is 12.3 Å². The summed E-state index contributed by atoms with van der Waals surface area (Å²) in [6.07, 6.45) is 0. The predicted molar refractivity (Wildman–Crippen MR) is 160 cm³/mol. The zero-order chi connectivity index (χ0) is 28.2. The molecule has 0 unspecified atom stereocenters. The van der Waals surface area contributed by atoms with Crippen molar-refractivity contribution in [2.24, 2.45) is 0 Å². The van der Waals surface area contributed by atoms with E-state index in [9.17, 15) is 0 Å². The quantitative estimate of drug-likeness (QED) is 0.422. The van der Waals surface area contributed by atoms with Gasteiger partial charge in [0.2, 0.25) is 0 Å². The van der Waals surface area contributed by atoms with E-state index in [4.69, 9.17) is 4.74 Å². The first-order valence-corrected chi connectivity index (χ1v) is 13.9. The zero-order valence-electron chi connectivity index (χ0n) is 26.7. The number of fused-ring (bicyclic) bond motifs is 1. The van der Waals surface area contributed by atoms with Crippen LogP contribution in [0.1, 0.15) is 129 Å². The summed E-state index contributed by atoms with van der Waals surface area (Å²) in [4.78, 5) is 2.31. The van der Waals surface area contributed by atoms with Gasteiger partial charge in [-0.05, 0) is 103 Å². The fourth-order valence-electron chi connectivity index (χ4n) is 5.76. The standard InChI is InChI=1S/C32H49NO.C2H6/c1-19-22(29(3,4)5)16-24(31(9,10)11)21(18-33(14)15)26(19)27-20(2)23(30(6,7)8)17-25-28(27)34-32(25,12)13;1-2/h16-17H,18H2,1-15H3;1-2H3. The van der Waals surface area contributed by atoms with Crippen LogP contribution < -0.4 is 4.74 Å². The Morgan fingerprint density at radius 3 is 1.50 bits per heavy atom. The number of hydrogen-bond acceptors (Lipinski definition) is 2. The highest BCUT2D eigenvalue weighted by Crippen LogP contribution is 2.55. The Labute approximate surface area is 223 Å². The normalized spacial score (nSPS) is 15.1. The van der Waals surface area contributed by atoms with Crippen LogP contribution in [0.15, 0.2) is 12.1 Å². The molecule has 1 heterocycles. The molecule has 2 nitrogen and oxygen atoms in total. The molecule has 0 fully saturated rings. The van der Waals surface area contributed by atoms with E-state index in [1.54, 1.807) is 0 Å². The molecule has 0 spiro atoms. The van der Waals surface area contributed by atoms with E-state index in [2.05, 4.69) is 121 Å². The van der Waals surface area contributed by atoms with Crippen molar-refractivity contribution in [2.45, 2.75) is 132 Å². The molecule has 0 saturated heterocycles. The molecule has 0 amide bonds. The van der Waals surface area contributed by atoms with Crippen molar-refractivity contribution in [1.82, 2.24) is 4.90 Å². The molecule has 2 heteroatoms. The molecule has 2 aromatic rings. The molecule has 0 aromatic heterocycles. The van der Waals surface area contributed by atoms with Crippen molar-refractivity contribution in [3.05, 3.63) is 51.1 Å². The molecule has 202 valence electrons. The van der Waals surface area contributed by atoms with Crippen LogP contribution in [0.3, 0.4) is 0 Å². The molecule has 3 rings (SSSR count). The summed E-state index contributed by atoms with van der Waals surface area (Å²) in [6.45, 7) is 35.0. The van der Waals surface area contributed by atoms with Crippen LogP contribution in [0.5, 0.6) is 5.75 Å². The average Bonchev–Trinajstić information content (AvgIpc) is 2.67. The van der Waals surface area contributed by atoms with Gasteiger partial charge in [-0.2, -0.15) is 0 Å². The fraction of sp³-hybridized carbons (Fsp3) is 0.647. The van der Waals surface area contributed by atoms with E-state index >= 15 is 0 Å². The summed E-state index contributed by atoms with van der Waals surface area (Å²) in [7, 11) is 4.36. The fourth-order valence-corrected chi connectivity index (χ4v) is 5.76. The van der Waals surface area contributed by atoms with Gasteiger partial charge in [-0.3, -0.25) is 0 Å². The van der Waals surface area contributed by atoms with Crippen molar-refractivity contribution < 1.29 is 4.74 Å². The Morgan fingerprint density at radius 1 is 0.694 bits per heavy atom. The maximum atomic E-state index is 6.56. The molecule has 0 bridgehead atoms. The Morgan fingerprint density at radius 2 is 1.11 bits per heavy atom. The number of ether oxygens (including phenoxy) is 1. The Hall–Kier alpha value is -1.80. The van der Waals surface area contributed by atoms with E-state index in [1.807, 2.05) is 13.8 Å². The first kappa shape index (κ1) is 30.4. The van der Waals surface area contributed by atoms with Crippen LogP contribution in [0.25, 0.3) is 11.1 Å². The van der Waals surface area contributed by atoms with Gasteiger partial charge in [0, 0.05) is 17.7 Å². The first-order chi connectivity index (χ1) is 16.2. The highest BCUT2D eigenvalue weighted by Gasteiger charge is 2.42. The van der Waals surface area contributed by atoms with Gasteiger partial charge in [0.1, 0.15) is 11.4 Å². The van der Waals surface area contributed by atoms with Crippen LogP contribution in [0.2, 0.25) is 0 Å². The average molecular weight is 494 g/mol. The van der Waals surface area contributed by atoms with Crippen molar-refractivity contribution in [3.63, 3.8) is 0 Å². The summed E-state index contributed by atoms with van der Waals surface area (Å²) in [5.74, 6) is 1.09. The predicted octanol–water partition coefficient (Wildman–Crippen LogP) is 9.58. The van der Waals surface area contributed by atoms with Crippen molar-refractivity contribution in [3.8, 4) is 16.9 Å². The minimum Gasteiger partial charge on any atom is -0.482 e. The third-order valence-corrected chi connectivity index (χ3v) is 7.39. The molecule has 0 aliphatic carbocycles. The van der Waals surface area contributed by atoms with Gasteiger partial charge in [-0.15, -0.1) is 0 Å². The summed E-state index contributed by atoms with van der Waals surface area (Å²) in [5, 5.41) is 0. The van der Waals surface area contributed by atoms with Gasteiger partial charge in [0.25, 0.3) is 0 Å². The summed E-state index contributed by atoms with van der Waals surface area (Å²) in [6, 6.07) is 4.91. The Balaban J connectivity index is 0.00000222. The Bertz CT molecular complexity index is 1110. The van der Waals surface area contributed by atoms with Crippen LogP contribution >= 0.6 is 0 Å². The van der Waals surface area contributed by atoms with Crippen LogP contribution in [-0.4, -0.2) is 19.0 Å². The van der Waals surface area contributed by atoms with Gasteiger partial charge in [-0.1, -0.05) is 82.2 Å². The minimum absolute atomic E-state index is 0.0383. The van der Waals surface area contributed by atoms with E-state index in [1.165, 1.54) is 50.1 Å². The second kappa shape index (κ2) is 9.82. The van der Waals surface area contributed by atoms with E-state index in [0.29, 0.717) is 0 Å². The first-order valence-electron chi connectivity index (χ1n) is 13.9. The molecule has 1 aliphatic rings. The summed E-state index contributed by atoms with van der Waals surface area (Å²) >= 11 is 0. The summed E-state index contributed by atoms with van der Waals surface area (Å²) < 4.78 is 6.56. The van der Waals surface area contributed by atoms with Crippen LogP contribution in [-0.2, 0) is 28.4 Å². The molecular weight excluding hydrogens is 438 g/mol. The monoisotopic (exact) mass is 493 g/mol. The van der Waals surface area contributed by atoms with E-state index in [-0.39, 0.29) is 21.8 Å². The third kappa shape index (κ3) is 5.54.